The molecule has 8 heavy (non-hydrogen) atoms. The van der Waals surface area contributed by atoms with E-state index in [9.17, 15) is 4.79 Å². The number of carbonyl (C=O) groups excluding carboxylic acids is 1. The van der Waals surface area contributed by atoms with Gasteiger partial charge in [-0.05, 0) is 0 Å². The van der Waals surface area contributed by atoms with Crippen molar-refractivity contribution in [1.29, 1.82) is 0 Å². The van der Waals surface area contributed by atoms with Crippen LogP contribution in [-0.2, 0) is 4.79 Å². The molecule has 1 aliphatic rings. The first-order valence-corrected chi connectivity index (χ1v) is 3.35. The molecule has 1 heterocycles. The predicted octanol–water partition coefficient (Wildman–Crippen LogP) is -0.153. The van der Waals surface area contributed by atoms with Gasteiger partial charge in [-0.25, -0.2) is 0 Å². The highest BCUT2D eigenvalue weighted by molar-refractivity contribution is 7.80. The monoisotopic (exact) mass is 131 g/mol. The van der Waals surface area contributed by atoms with Crippen LogP contribution in [0.3, 0.4) is 0 Å². The number of ketones is 1. The number of Topliss-reactive ketones (excluding diaryl/α,β-unsaturated/α-hetero) is 1. The van der Waals surface area contributed by atoms with Gasteiger partial charge < -0.3 is 5.32 Å². The molecule has 1 saturated heterocycles. The molecule has 2 nitrogen and oxygen atoms in total. The molecule has 1 atom stereocenters. The van der Waals surface area contributed by atoms with E-state index in [4.69, 9.17) is 0 Å². The number of hydrogen-bond donors (Lipinski definition) is 2. The molecule has 0 spiro atoms. The first-order valence-electron chi connectivity index (χ1n) is 2.71. The molecule has 0 unspecified atom stereocenters. The summed E-state index contributed by atoms with van der Waals surface area (Å²) in [6.07, 6.45) is 0.686. The van der Waals surface area contributed by atoms with Gasteiger partial charge in [0.05, 0.1) is 6.04 Å². The van der Waals surface area contributed by atoms with Gasteiger partial charge in [-0.1, -0.05) is 0 Å². The van der Waals surface area contributed by atoms with E-state index in [2.05, 4.69) is 17.9 Å². The maximum atomic E-state index is 10.7. The third-order valence-electron chi connectivity index (χ3n) is 1.33. The highest BCUT2D eigenvalue weighted by Gasteiger charge is 2.21. The Balaban J connectivity index is 2.42. The molecule has 1 fully saturated rings. The van der Waals surface area contributed by atoms with E-state index in [-0.39, 0.29) is 6.04 Å². The fourth-order valence-corrected chi connectivity index (χ4v) is 1.16. The minimum absolute atomic E-state index is 0.0401. The number of hydrogen-bond acceptors (Lipinski definition) is 3. The minimum Gasteiger partial charge on any atom is -0.306 e. The van der Waals surface area contributed by atoms with Gasteiger partial charge in [-0.3, -0.25) is 4.79 Å². The van der Waals surface area contributed by atoms with Gasteiger partial charge >= 0.3 is 0 Å². The maximum Gasteiger partial charge on any atom is 0.151 e. The van der Waals surface area contributed by atoms with Crippen LogP contribution in [0.15, 0.2) is 0 Å². The highest BCUT2D eigenvalue weighted by Crippen LogP contribution is 2.00. The third-order valence-corrected chi connectivity index (χ3v) is 1.70. The lowest BCUT2D eigenvalue weighted by Gasteiger charge is -2.00. The zero-order valence-corrected chi connectivity index (χ0v) is 5.45. The Kier molecular flexibility index (Phi) is 1.91. The Morgan fingerprint density at radius 3 is 2.88 bits per heavy atom. The van der Waals surface area contributed by atoms with Gasteiger partial charge in [0.2, 0.25) is 0 Å². The largest absolute Gasteiger partial charge is 0.306 e. The summed E-state index contributed by atoms with van der Waals surface area (Å²) in [4.78, 5) is 10.7. The number of rotatable bonds is 1. The SMILES string of the molecule is O=C1CCN[C@H]1CS. The van der Waals surface area contributed by atoms with Crippen LogP contribution in [0.2, 0.25) is 0 Å². The van der Waals surface area contributed by atoms with Gasteiger partial charge in [0, 0.05) is 18.7 Å². The lowest BCUT2D eigenvalue weighted by atomic mass is 10.2. The third kappa shape index (κ3) is 1.03. The van der Waals surface area contributed by atoms with Crippen LogP contribution >= 0.6 is 12.6 Å². The minimum atomic E-state index is 0.0401. The van der Waals surface area contributed by atoms with E-state index in [1.54, 1.807) is 0 Å². The lowest BCUT2D eigenvalue weighted by molar-refractivity contribution is -0.118. The van der Waals surface area contributed by atoms with Crippen molar-refractivity contribution < 1.29 is 4.79 Å². The second-order valence-electron chi connectivity index (χ2n) is 1.91. The summed E-state index contributed by atoms with van der Waals surface area (Å²) in [6.45, 7) is 0.837. The van der Waals surface area contributed by atoms with Crippen LogP contribution in [-0.4, -0.2) is 24.1 Å². The van der Waals surface area contributed by atoms with E-state index in [1.165, 1.54) is 0 Å². The molecule has 0 aromatic heterocycles. The molecule has 1 rings (SSSR count). The topological polar surface area (TPSA) is 29.1 Å². The van der Waals surface area contributed by atoms with E-state index in [0.717, 1.165) is 6.54 Å². The summed E-state index contributed by atoms with van der Waals surface area (Å²) < 4.78 is 0. The smallest absolute Gasteiger partial charge is 0.151 e. The zero-order valence-electron chi connectivity index (χ0n) is 4.55. The van der Waals surface area contributed by atoms with E-state index in [1.807, 2.05) is 0 Å². The number of nitrogens with one attached hydrogen (secondary N) is 1. The summed E-state index contributed by atoms with van der Waals surface area (Å²) in [5.74, 6) is 0.943. The molecule has 0 aromatic carbocycles. The van der Waals surface area contributed by atoms with E-state index in [0.29, 0.717) is 18.0 Å². The van der Waals surface area contributed by atoms with Crippen LogP contribution in [0, 0.1) is 0 Å². The van der Waals surface area contributed by atoms with Crippen molar-refractivity contribution in [3.05, 3.63) is 0 Å². The lowest BCUT2D eigenvalue weighted by Crippen LogP contribution is -2.28. The molecule has 0 amide bonds. The van der Waals surface area contributed by atoms with Crippen LogP contribution in [0.4, 0.5) is 0 Å². The maximum absolute atomic E-state index is 10.7. The fourth-order valence-electron chi connectivity index (χ4n) is 0.824. The average Bonchev–Trinajstić information content (AvgIpc) is 2.14. The Labute approximate surface area is 54.1 Å². The summed E-state index contributed by atoms with van der Waals surface area (Å²) in [5.41, 5.74) is 0. The Hall–Kier alpha value is -0.0200. The predicted molar refractivity (Wildman–Crippen MR) is 35.3 cm³/mol. The first-order chi connectivity index (χ1) is 3.84. The number of carbonyl (C=O) groups is 1. The molecular weight excluding hydrogens is 122 g/mol. The zero-order chi connectivity index (χ0) is 5.98. The fraction of sp³-hybridized carbons (Fsp3) is 0.800. The highest BCUT2D eigenvalue weighted by atomic mass is 32.1. The second kappa shape index (κ2) is 2.51. The van der Waals surface area contributed by atoms with E-state index >= 15 is 0 Å². The van der Waals surface area contributed by atoms with Crippen molar-refractivity contribution in [2.45, 2.75) is 12.5 Å². The molecule has 0 aromatic rings. The first kappa shape index (κ1) is 6.11. The molecule has 0 saturated carbocycles. The van der Waals surface area contributed by atoms with Crippen molar-refractivity contribution >= 4 is 18.4 Å². The average molecular weight is 131 g/mol. The summed E-state index contributed by atoms with van der Waals surface area (Å²) in [6, 6.07) is 0.0401. The molecule has 1 N–H and O–H groups in total. The number of thiol groups is 1. The molecule has 1 aliphatic heterocycles. The normalized spacial score (nSPS) is 29.1. The van der Waals surface area contributed by atoms with Crippen molar-refractivity contribution in [2.24, 2.45) is 0 Å². The Morgan fingerprint density at radius 2 is 2.62 bits per heavy atom. The van der Waals surface area contributed by atoms with Gasteiger partial charge in [0.1, 0.15) is 0 Å². The van der Waals surface area contributed by atoms with Gasteiger partial charge in [0.25, 0.3) is 0 Å². The van der Waals surface area contributed by atoms with Crippen LogP contribution in [0.1, 0.15) is 6.42 Å². The standard InChI is InChI=1S/C5H9NOS/c7-5-1-2-6-4(5)3-8/h4,6,8H,1-3H2/t4-/m0/s1. The van der Waals surface area contributed by atoms with Crippen molar-refractivity contribution in [3.8, 4) is 0 Å². The van der Waals surface area contributed by atoms with Gasteiger partial charge in [-0.15, -0.1) is 0 Å². The quantitative estimate of drug-likeness (QED) is 0.484. The van der Waals surface area contributed by atoms with Crippen LogP contribution < -0.4 is 5.32 Å². The summed E-state index contributed by atoms with van der Waals surface area (Å²) in [7, 11) is 0. The van der Waals surface area contributed by atoms with E-state index < -0.39 is 0 Å². The molecule has 0 bridgehead atoms. The second-order valence-corrected chi connectivity index (χ2v) is 2.27. The van der Waals surface area contributed by atoms with Gasteiger partial charge in [-0.2, -0.15) is 12.6 Å². The molecule has 46 valence electrons. The van der Waals surface area contributed by atoms with Crippen molar-refractivity contribution in [2.75, 3.05) is 12.3 Å². The molecule has 3 heteroatoms. The summed E-state index contributed by atoms with van der Waals surface area (Å²) >= 11 is 3.99. The van der Waals surface area contributed by atoms with Crippen LogP contribution in [0.5, 0.6) is 0 Å². The molecule has 0 aliphatic carbocycles. The van der Waals surface area contributed by atoms with Gasteiger partial charge in [0.15, 0.2) is 5.78 Å². The summed E-state index contributed by atoms with van der Waals surface area (Å²) in [5, 5.41) is 3.03. The van der Waals surface area contributed by atoms with Crippen LogP contribution in [0.25, 0.3) is 0 Å². The van der Waals surface area contributed by atoms with Crippen molar-refractivity contribution in [3.63, 3.8) is 0 Å². The molecular formula is C5H9NOS. The Bertz CT molecular complexity index is 105. The van der Waals surface area contributed by atoms with Crippen molar-refractivity contribution in [1.82, 2.24) is 5.32 Å². The Morgan fingerprint density at radius 1 is 1.88 bits per heavy atom. The molecule has 0 radical (unpaired) electrons.